The smallest absolute Gasteiger partial charge is 0.251 e. The molecular weight excluding hydrogens is 441 g/mol. The Balaban J connectivity index is 0.00000289. The van der Waals surface area contributed by atoms with Crippen LogP contribution in [0.15, 0.2) is 36.5 Å². The number of hydrogen-bond acceptors (Lipinski definition) is 3. The molecule has 9 heteroatoms. The molecule has 32 heavy (non-hydrogen) atoms. The third-order valence-electron chi connectivity index (χ3n) is 6.26. The molecular formula is C23H30ClF3N4O. The number of aromatic nitrogens is 2. The highest BCUT2D eigenvalue weighted by Crippen LogP contribution is 2.41. The minimum absolute atomic E-state index is 0. The van der Waals surface area contributed by atoms with E-state index in [4.69, 9.17) is 5.10 Å². The Bertz CT molecular complexity index is 949. The maximum Gasteiger partial charge on any atom is 0.251 e. The highest BCUT2D eigenvalue weighted by atomic mass is 35.5. The van der Waals surface area contributed by atoms with E-state index < -0.39 is 12.0 Å². The lowest BCUT2D eigenvalue weighted by Gasteiger charge is -2.33. The molecule has 176 valence electrons. The number of nitrogens with zero attached hydrogens (tertiary/aromatic N) is 3. The lowest BCUT2D eigenvalue weighted by molar-refractivity contribution is -0.139. The van der Waals surface area contributed by atoms with Crippen LogP contribution in [0.3, 0.4) is 0 Å². The van der Waals surface area contributed by atoms with E-state index in [1.807, 2.05) is 23.0 Å². The first-order valence-corrected chi connectivity index (χ1v) is 10.8. The maximum atomic E-state index is 13.9. The minimum atomic E-state index is -2.70. The summed E-state index contributed by atoms with van der Waals surface area (Å²) < 4.78 is 42.9. The van der Waals surface area contributed by atoms with Crippen LogP contribution >= 0.6 is 12.4 Å². The summed E-state index contributed by atoms with van der Waals surface area (Å²) in [5.41, 5.74) is 1.39. The average molecular weight is 471 g/mol. The second kappa shape index (κ2) is 9.06. The number of rotatable bonds is 3. The molecule has 2 saturated heterocycles. The fourth-order valence-corrected chi connectivity index (χ4v) is 4.47. The van der Waals surface area contributed by atoms with Crippen molar-refractivity contribution >= 4 is 18.3 Å². The van der Waals surface area contributed by atoms with E-state index >= 15 is 0 Å². The molecule has 0 radical (unpaired) electrons. The van der Waals surface area contributed by atoms with Crippen LogP contribution in [0.2, 0.25) is 0 Å². The number of amides is 1. The van der Waals surface area contributed by atoms with Gasteiger partial charge in [0.15, 0.2) is 0 Å². The van der Waals surface area contributed by atoms with E-state index in [0.29, 0.717) is 6.42 Å². The second-order valence-electron chi connectivity index (χ2n) is 9.63. The van der Waals surface area contributed by atoms with Gasteiger partial charge < -0.3 is 4.90 Å². The maximum absolute atomic E-state index is 13.9. The molecule has 3 heterocycles. The number of benzene rings is 1. The molecule has 0 aliphatic carbocycles. The fraction of sp³-hybridized carbons (Fsp3) is 0.565. The molecule has 3 atom stereocenters. The van der Waals surface area contributed by atoms with Crippen LogP contribution in [0.25, 0.3) is 0 Å². The number of carbonyl (C=O) groups excluding carboxylic acids is 1. The van der Waals surface area contributed by atoms with Gasteiger partial charge in [0.2, 0.25) is 5.91 Å². The van der Waals surface area contributed by atoms with Crippen molar-refractivity contribution in [2.24, 2.45) is 0 Å². The van der Waals surface area contributed by atoms with E-state index in [0.717, 1.165) is 11.3 Å². The number of carbonyl (C=O) groups is 1. The van der Waals surface area contributed by atoms with Crippen LogP contribution < -0.4 is 5.32 Å². The number of hydrogen-bond donors (Lipinski definition) is 1. The van der Waals surface area contributed by atoms with E-state index in [9.17, 15) is 18.0 Å². The number of piperidine rings is 1. The Labute approximate surface area is 192 Å². The van der Waals surface area contributed by atoms with Crippen molar-refractivity contribution in [1.29, 1.82) is 0 Å². The lowest BCUT2D eigenvalue weighted by Crippen LogP contribution is -2.49. The molecule has 0 spiro atoms. The summed E-state index contributed by atoms with van der Waals surface area (Å²) in [6, 6.07) is 7.47. The first kappa shape index (κ1) is 24.6. The Morgan fingerprint density at radius 1 is 1.19 bits per heavy atom. The molecule has 1 N–H and O–H groups in total. The molecule has 1 aromatic carbocycles. The number of likely N-dealkylation sites (tertiary alicyclic amines) is 1. The summed E-state index contributed by atoms with van der Waals surface area (Å²) >= 11 is 0. The average Bonchev–Trinajstić information content (AvgIpc) is 3.34. The highest BCUT2D eigenvalue weighted by molar-refractivity contribution is 5.85. The summed E-state index contributed by atoms with van der Waals surface area (Å²) in [7, 11) is 0. The number of halogens is 4. The zero-order chi connectivity index (χ0) is 22.4. The largest absolute Gasteiger partial charge is 0.341 e. The van der Waals surface area contributed by atoms with Gasteiger partial charge in [-0.1, -0.05) is 12.1 Å². The highest BCUT2D eigenvalue weighted by Gasteiger charge is 2.43. The summed E-state index contributed by atoms with van der Waals surface area (Å²) in [5.74, 6) is -3.35. The van der Waals surface area contributed by atoms with Gasteiger partial charge in [-0.25, -0.2) is 13.2 Å². The molecule has 0 saturated carbocycles. The predicted molar refractivity (Wildman–Crippen MR) is 119 cm³/mol. The predicted octanol–water partition coefficient (Wildman–Crippen LogP) is 4.64. The van der Waals surface area contributed by atoms with Crippen LogP contribution in [0.1, 0.15) is 63.3 Å². The molecule has 1 aromatic heterocycles. The van der Waals surface area contributed by atoms with E-state index in [-0.39, 0.29) is 67.6 Å². The summed E-state index contributed by atoms with van der Waals surface area (Å²) in [6.45, 7) is 6.27. The van der Waals surface area contributed by atoms with Crippen molar-refractivity contribution in [3.05, 3.63) is 53.6 Å². The Morgan fingerprint density at radius 2 is 1.88 bits per heavy atom. The monoisotopic (exact) mass is 470 g/mol. The van der Waals surface area contributed by atoms with Gasteiger partial charge in [0.05, 0.1) is 17.3 Å². The summed E-state index contributed by atoms with van der Waals surface area (Å²) in [6.07, 6.45) is 1.78. The molecule has 4 rings (SSSR count). The van der Waals surface area contributed by atoms with Gasteiger partial charge in [0.1, 0.15) is 5.82 Å². The molecule has 0 unspecified atom stereocenters. The zero-order valence-corrected chi connectivity index (χ0v) is 19.3. The van der Waals surface area contributed by atoms with Crippen molar-refractivity contribution in [3.8, 4) is 0 Å². The van der Waals surface area contributed by atoms with Crippen LogP contribution in [0.5, 0.6) is 0 Å². The van der Waals surface area contributed by atoms with E-state index in [1.165, 1.54) is 17.0 Å². The van der Waals surface area contributed by atoms with Gasteiger partial charge in [-0.3, -0.25) is 14.8 Å². The second-order valence-corrected chi connectivity index (χ2v) is 9.63. The van der Waals surface area contributed by atoms with Crippen molar-refractivity contribution in [1.82, 2.24) is 20.0 Å². The summed E-state index contributed by atoms with van der Waals surface area (Å²) in [5, 5.41) is 8.10. The molecule has 2 aliphatic rings. The SMILES string of the molecule is CC(C)(C)n1ccc([C@H]2C[C@@H](C(=O)N3CCC(F)(F)CC3)N[C@H]2c2cccc(F)c2)n1.Cl. The van der Waals surface area contributed by atoms with Crippen LogP contribution in [0, 0.1) is 5.82 Å². The van der Waals surface area contributed by atoms with Crippen molar-refractivity contribution in [2.75, 3.05) is 13.1 Å². The lowest BCUT2D eigenvalue weighted by atomic mass is 9.90. The minimum Gasteiger partial charge on any atom is -0.341 e. The van der Waals surface area contributed by atoms with Gasteiger partial charge in [0, 0.05) is 44.1 Å². The van der Waals surface area contributed by atoms with Gasteiger partial charge >= 0.3 is 0 Å². The van der Waals surface area contributed by atoms with Crippen LogP contribution in [-0.2, 0) is 10.3 Å². The van der Waals surface area contributed by atoms with Gasteiger partial charge in [-0.2, -0.15) is 5.10 Å². The Hall–Kier alpha value is -2.06. The van der Waals surface area contributed by atoms with Crippen LogP contribution in [-0.4, -0.2) is 45.6 Å². The summed E-state index contributed by atoms with van der Waals surface area (Å²) in [4.78, 5) is 14.6. The first-order chi connectivity index (χ1) is 14.5. The van der Waals surface area contributed by atoms with Gasteiger partial charge in [-0.15, -0.1) is 12.4 Å². The van der Waals surface area contributed by atoms with Crippen LogP contribution in [0.4, 0.5) is 13.2 Å². The third-order valence-corrected chi connectivity index (χ3v) is 6.26. The van der Waals surface area contributed by atoms with Gasteiger partial charge in [-0.05, 0) is 51.0 Å². The normalized spacial score (nSPS) is 25.4. The Morgan fingerprint density at radius 3 is 2.47 bits per heavy atom. The molecule has 0 bridgehead atoms. The molecule has 2 aromatic rings. The fourth-order valence-electron chi connectivity index (χ4n) is 4.47. The topological polar surface area (TPSA) is 50.2 Å². The molecule has 2 fully saturated rings. The molecule has 1 amide bonds. The van der Waals surface area contributed by atoms with E-state index in [1.54, 1.807) is 6.07 Å². The molecule has 2 aliphatic heterocycles. The van der Waals surface area contributed by atoms with Crippen molar-refractivity contribution < 1.29 is 18.0 Å². The number of nitrogens with one attached hydrogen (secondary N) is 1. The number of alkyl halides is 2. The van der Waals surface area contributed by atoms with Crippen molar-refractivity contribution in [2.45, 2.75) is 69.5 Å². The Kier molecular flexibility index (Phi) is 6.96. The molecule has 5 nitrogen and oxygen atoms in total. The van der Waals surface area contributed by atoms with Gasteiger partial charge in [0.25, 0.3) is 5.92 Å². The zero-order valence-electron chi connectivity index (χ0n) is 18.5. The standard InChI is InChI=1S/C23H29F3N4O.ClH/c1-22(2,3)30-10-7-18(28-30)17-14-19(21(31)29-11-8-23(25,26)9-12-29)27-20(17)15-5-4-6-16(24)13-15;/h4-7,10,13,17,19-20,27H,8-9,11-12,14H2,1-3H3;1H/t17-,19+,20+;/m1./s1. The first-order valence-electron chi connectivity index (χ1n) is 10.8. The quantitative estimate of drug-likeness (QED) is 0.710. The third kappa shape index (κ3) is 5.12. The van der Waals surface area contributed by atoms with Crippen molar-refractivity contribution in [3.63, 3.8) is 0 Å². The van der Waals surface area contributed by atoms with E-state index in [2.05, 4.69) is 26.1 Å².